The molecule has 0 saturated heterocycles. The van der Waals surface area contributed by atoms with Gasteiger partial charge in [-0.2, -0.15) is 17.2 Å². The van der Waals surface area contributed by atoms with Gasteiger partial charge in [-0.15, -0.1) is 0 Å². The van der Waals surface area contributed by atoms with Crippen molar-refractivity contribution in [2.24, 2.45) is 0 Å². The minimum atomic E-state index is -5.89. The summed E-state index contributed by atoms with van der Waals surface area (Å²) < 4.78 is 64.7. The molecule has 0 saturated carbocycles. The highest BCUT2D eigenvalue weighted by Gasteiger charge is 2.54. The summed E-state index contributed by atoms with van der Waals surface area (Å²) in [5.74, 6) is -1.94. The number of esters is 1. The minimum Gasteiger partial charge on any atom is -0.489 e. The van der Waals surface area contributed by atoms with Crippen LogP contribution in [0.3, 0.4) is 0 Å². The summed E-state index contributed by atoms with van der Waals surface area (Å²) in [6.45, 7) is 2.80. The zero-order valence-electron chi connectivity index (χ0n) is 12.8. The van der Waals surface area contributed by atoms with Crippen LogP contribution in [-0.2, 0) is 19.6 Å². The number of carbonyl (C=O) groups is 1. The summed E-state index contributed by atoms with van der Waals surface area (Å²) in [6.07, 6.45) is 1.67. The second kappa shape index (κ2) is 7.16. The van der Waals surface area contributed by atoms with Gasteiger partial charge in [-0.1, -0.05) is 43.0 Å². The fraction of sp³-hybridized carbons (Fsp3) is 0.188. The number of ether oxygens (including phenoxy) is 2. The molecule has 0 amide bonds. The highest BCUT2D eigenvalue weighted by atomic mass is 32.2. The molecule has 0 radical (unpaired) electrons. The first-order valence-electron chi connectivity index (χ1n) is 6.97. The molecule has 1 N–H and O–H groups in total. The smallest absolute Gasteiger partial charge is 0.465 e. The van der Waals surface area contributed by atoms with Gasteiger partial charge in [0, 0.05) is 5.39 Å². The SMILES string of the molecule is C=Cc1cccc2c(OCCOC(=O)C(F)(F)S(=O)(=O)O)cccc12. The largest absolute Gasteiger partial charge is 0.489 e. The van der Waals surface area contributed by atoms with Crippen LogP contribution in [0.25, 0.3) is 16.8 Å². The Morgan fingerprint density at radius 1 is 1.16 bits per heavy atom. The molecule has 0 atom stereocenters. The Labute approximate surface area is 142 Å². The molecule has 0 aliphatic carbocycles. The van der Waals surface area contributed by atoms with Crippen LogP contribution in [0.1, 0.15) is 5.56 Å². The zero-order chi connectivity index (χ0) is 18.7. The second-order valence-corrected chi connectivity index (χ2v) is 6.34. The lowest BCUT2D eigenvalue weighted by Gasteiger charge is -2.13. The van der Waals surface area contributed by atoms with Crippen molar-refractivity contribution in [2.45, 2.75) is 5.25 Å². The molecule has 0 bridgehead atoms. The van der Waals surface area contributed by atoms with Crippen LogP contribution in [0.15, 0.2) is 43.0 Å². The molecule has 0 fully saturated rings. The molecule has 0 unspecified atom stereocenters. The van der Waals surface area contributed by atoms with Gasteiger partial charge in [0.1, 0.15) is 19.0 Å². The first-order valence-corrected chi connectivity index (χ1v) is 8.41. The average Bonchev–Trinajstić information content (AvgIpc) is 2.56. The van der Waals surface area contributed by atoms with Gasteiger partial charge in [0.25, 0.3) is 0 Å². The van der Waals surface area contributed by atoms with Gasteiger partial charge in [0.05, 0.1) is 0 Å². The van der Waals surface area contributed by atoms with Crippen molar-refractivity contribution in [3.63, 3.8) is 0 Å². The van der Waals surface area contributed by atoms with Gasteiger partial charge >= 0.3 is 21.3 Å². The summed E-state index contributed by atoms with van der Waals surface area (Å²) in [5, 5.41) is -3.41. The Balaban J connectivity index is 2.03. The second-order valence-electron chi connectivity index (χ2n) is 4.88. The quantitative estimate of drug-likeness (QED) is 0.457. The Morgan fingerprint density at radius 2 is 1.80 bits per heavy atom. The van der Waals surface area contributed by atoms with E-state index in [0.717, 1.165) is 16.3 Å². The van der Waals surface area contributed by atoms with Crippen molar-refractivity contribution in [2.75, 3.05) is 13.2 Å². The van der Waals surface area contributed by atoms with Crippen molar-refractivity contribution in [3.05, 3.63) is 48.5 Å². The summed E-state index contributed by atoms with van der Waals surface area (Å²) in [4.78, 5) is 11.0. The lowest BCUT2D eigenvalue weighted by Crippen LogP contribution is -2.39. The van der Waals surface area contributed by atoms with Crippen LogP contribution < -0.4 is 4.74 Å². The molecule has 0 aliphatic rings. The fourth-order valence-corrected chi connectivity index (χ4v) is 2.35. The van der Waals surface area contributed by atoms with Gasteiger partial charge in [0.15, 0.2) is 0 Å². The monoisotopic (exact) mass is 372 g/mol. The molecule has 134 valence electrons. The molecule has 0 heterocycles. The van der Waals surface area contributed by atoms with Crippen LogP contribution in [0.2, 0.25) is 0 Å². The Morgan fingerprint density at radius 3 is 2.44 bits per heavy atom. The van der Waals surface area contributed by atoms with Crippen molar-refractivity contribution >= 4 is 32.9 Å². The van der Waals surface area contributed by atoms with E-state index in [9.17, 15) is 22.0 Å². The van der Waals surface area contributed by atoms with E-state index in [1.54, 1.807) is 30.3 Å². The van der Waals surface area contributed by atoms with E-state index >= 15 is 0 Å². The number of alkyl halides is 2. The number of halogens is 2. The third-order valence-corrected chi connectivity index (χ3v) is 4.09. The number of carbonyl (C=O) groups excluding carboxylic acids is 1. The minimum absolute atomic E-state index is 0.287. The van der Waals surface area contributed by atoms with E-state index in [4.69, 9.17) is 9.29 Å². The first-order chi connectivity index (χ1) is 11.7. The van der Waals surface area contributed by atoms with E-state index in [1.165, 1.54) is 0 Å². The molecule has 25 heavy (non-hydrogen) atoms. The highest BCUT2D eigenvalue weighted by molar-refractivity contribution is 7.87. The molecule has 2 aromatic carbocycles. The van der Waals surface area contributed by atoms with E-state index in [-0.39, 0.29) is 6.61 Å². The van der Waals surface area contributed by atoms with E-state index in [0.29, 0.717) is 5.75 Å². The topological polar surface area (TPSA) is 89.9 Å². The summed E-state index contributed by atoms with van der Waals surface area (Å²) >= 11 is 0. The molecule has 0 spiro atoms. The molecule has 2 aromatic rings. The molecule has 0 aromatic heterocycles. The summed E-state index contributed by atoms with van der Waals surface area (Å²) in [7, 11) is -5.89. The van der Waals surface area contributed by atoms with Crippen LogP contribution >= 0.6 is 0 Å². The summed E-state index contributed by atoms with van der Waals surface area (Å²) in [5.41, 5.74) is 0.877. The number of rotatable bonds is 7. The van der Waals surface area contributed by atoms with Gasteiger partial charge < -0.3 is 9.47 Å². The average molecular weight is 372 g/mol. The van der Waals surface area contributed by atoms with E-state index in [1.807, 2.05) is 12.1 Å². The molecule has 0 aliphatic heterocycles. The van der Waals surface area contributed by atoms with Gasteiger partial charge in [-0.05, 0) is 17.0 Å². The van der Waals surface area contributed by atoms with Gasteiger partial charge in [-0.25, -0.2) is 4.79 Å². The van der Waals surface area contributed by atoms with Crippen molar-refractivity contribution in [3.8, 4) is 5.75 Å². The molecular formula is C16H14F2O6S. The van der Waals surface area contributed by atoms with Crippen LogP contribution in [0.5, 0.6) is 5.75 Å². The Kier molecular flexibility index (Phi) is 5.39. The Hall–Kier alpha value is -2.52. The lowest BCUT2D eigenvalue weighted by atomic mass is 10.0. The predicted octanol–water partition coefficient (Wildman–Crippen LogP) is 2.89. The molecule has 6 nitrogen and oxygen atoms in total. The summed E-state index contributed by atoms with van der Waals surface area (Å²) in [6, 6.07) is 10.7. The van der Waals surface area contributed by atoms with Gasteiger partial charge in [0.2, 0.25) is 0 Å². The lowest BCUT2D eigenvalue weighted by molar-refractivity contribution is -0.162. The van der Waals surface area contributed by atoms with E-state index in [2.05, 4.69) is 11.3 Å². The molecular weight excluding hydrogens is 358 g/mol. The maximum Gasteiger partial charge on any atom is 0.465 e. The van der Waals surface area contributed by atoms with Crippen LogP contribution in [0.4, 0.5) is 8.78 Å². The maximum absolute atomic E-state index is 13.0. The number of hydrogen-bond donors (Lipinski definition) is 1. The van der Waals surface area contributed by atoms with E-state index < -0.39 is 27.9 Å². The molecule has 9 heteroatoms. The standard InChI is InChI=1S/C16H14F2O6S/c1-2-11-5-3-7-13-12(11)6-4-8-14(13)23-9-10-24-15(19)16(17,18)25(20,21)22/h2-8H,1,9-10H2,(H,20,21,22). The van der Waals surface area contributed by atoms with Crippen LogP contribution in [-0.4, -0.2) is 37.4 Å². The fourth-order valence-electron chi connectivity index (χ4n) is 2.08. The predicted molar refractivity (Wildman–Crippen MR) is 87.0 cm³/mol. The van der Waals surface area contributed by atoms with Crippen molar-refractivity contribution < 1.29 is 36.0 Å². The highest BCUT2D eigenvalue weighted by Crippen LogP contribution is 2.28. The number of benzene rings is 2. The maximum atomic E-state index is 13.0. The zero-order valence-corrected chi connectivity index (χ0v) is 13.6. The number of hydrogen-bond acceptors (Lipinski definition) is 5. The molecule has 2 rings (SSSR count). The first kappa shape index (κ1) is 18.8. The Bertz CT molecular complexity index is 908. The van der Waals surface area contributed by atoms with Crippen molar-refractivity contribution in [1.29, 1.82) is 0 Å². The van der Waals surface area contributed by atoms with Crippen LogP contribution in [0, 0.1) is 0 Å². The third kappa shape index (κ3) is 3.94. The normalized spacial score (nSPS) is 12.0. The third-order valence-electron chi connectivity index (χ3n) is 3.27. The van der Waals surface area contributed by atoms with Gasteiger partial charge in [-0.3, -0.25) is 4.55 Å². The van der Waals surface area contributed by atoms with Crippen molar-refractivity contribution in [1.82, 2.24) is 0 Å². The number of fused-ring (bicyclic) bond motifs is 1.